The van der Waals surface area contributed by atoms with E-state index in [1.807, 2.05) is 16.7 Å². The maximum Gasteiger partial charge on any atom is 0.364 e. The zero-order valence-corrected chi connectivity index (χ0v) is 79.5. The molecule has 6 aliphatic rings. The third-order valence-electron chi connectivity index (χ3n) is 26.3. The molecular formula is C92H164N4O41. The van der Waals surface area contributed by atoms with Crippen molar-refractivity contribution in [2.45, 2.75) is 472 Å². The zero-order chi connectivity index (χ0) is 101. The Kier molecular flexibility index (Phi) is 56.7. The number of carbonyl (C=O) groups excluding carboxylic acids is 4. The molecule has 45 nitrogen and oxygen atoms in total. The van der Waals surface area contributed by atoms with Crippen LogP contribution in [0.15, 0.2) is 12.2 Å². The number of nitrogens with one attached hydrogen (secondary N) is 4. The van der Waals surface area contributed by atoms with Crippen LogP contribution in [0.2, 0.25) is 0 Å². The van der Waals surface area contributed by atoms with Gasteiger partial charge in [-0.05, 0) is 19.3 Å². The topological polar surface area (TPSA) is 727 Å². The monoisotopic (exact) mass is 1980 g/mol. The Morgan fingerprint density at radius 3 is 1.21 bits per heavy atom. The predicted molar refractivity (Wildman–Crippen MR) is 480 cm³/mol. The number of hydrogen-bond donors (Lipinski definition) is 27. The molecule has 0 radical (unpaired) electrons. The first-order chi connectivity index (χ1) is 65.6. The van der Waals surface area contributed by atoms with Gasteiger partial charge >= 0.3 is 11.9 Å². The molecule has 34 atom stereocenters. The lowest BCUT2D eigenvalue weighted by atomic mass is 9.87. The molecule has 137 heavy (non-hydrogen) atoms. The van der Waals surface area contributed by atoms with Crippen LogP contribution in [0.1, 0.15) is 265 Å². The molecule has 0 saturated carbocycles. The van der Waals surface area contributed by atoms with Gasteiger partial charge in [0.15, 0.2) is 25.2 Å². The highest BCUT2D eigenvalue weighted by Crippen LogP contribution is 2.43. The number of carboxylic acids is 2. The first kappa shape index (κ1) is 121. The summed E-state index contributed by atoms with van der Waals surface area (Å²) < 4.78 is 70.5. The Morgan fingerprint density at radius 2 is 0.788 bits per heavy atom. The Labute approximate surface area is 800 Å². The molecule has 12 unspecified atom stereocenters. The van der Waals surface area contributed by atoms with Gasteiger partial charge in [0.05, 0.1) is 82.7 Å². The van der Waals surface area contributed by atoms with E-state index >= 15 is 0 Å². The maximum atomic E-state index is 13.8. The van der Waals surface area contributed by atoms with Crippen molar-refractivity contribution in [3.8, 4) is 0 Å². The van der Waals surface area contributed by atoms with Crippen molar-refractivity contribution in [2.24, 2.45) is 0 Å². The number of aliphatic hydroxyl groups excluding tert-OH is 21. The second-order valence-electron chi connectivity index (χ2n) is 37.1. The number of allylic oxidation sites excluding steroid dienone is 1. The average molecular weight is 1980 g/mol. The molecule has 6 aliphatic heterocycles. The van der Waals surface area contributed by atoms with Gasteiger partial charge in [0.2, 0.25) is 23.6 Å². The SMILES string of the molecule is CCCCCCCCCCCCC/C=C/[C@@H](O)[C@H](CO[C@@H]1OC(CO)[C@@H](O[C@@H]2OC(CO)[C@H](O)[C@H](O[C@@H]3OC(CO)[C@@H](O[C@@H]4OC(CO)[C@H](O)[C@H](O[C@]5(C(=O)O)CC(O)[C@@H](NC(=O)CO)C([C@H](O)[C@@H](CO)O[C@]6(C(=O)O)CC(O)[C@@H](NC(=O)CO)C([C@H](O)[C@H](O)CO)O6)O5)C4O)[C@H](O)C3NC(C)=O)C2O)[C@H](O)C1O)NC(=O)CCCCCCCCCCCCCCCCCCCCCCCCC. The van der Waals surface area contributed by atoms with E-state index in [9.17, 15) is 146 Å². The number of aliphatic carboxylic acids is 2. The van der Waals surface area contributed by atoms with Crippen LogP contribution in [0.3, 0.4) is 0 Å². The highest BCUT2D eigenvalue weighted by atomic mass is 16.8. The van der Waals surface area contributed by atoms with Gasteiger partial charge < -0.3 is 196 Å². The molecule has 6 saturated heterocycles. The van der Waals surface area contributed by atoms with Gasteiger partial charge in [-0.2, -0.15) is 0 Å². The third kappa shape index (κ3) is 37.4. The molecule has 4 amide bonds. The van der Waals surface area contributed by atoms with Crippen molar-refractivity contribution >= 4 is 35.6 Å². The van der Waals surface area contributed by atoms with Crippen LogP contribution in [0.5, 0.6) is 0 Å². The van der Waals surface area contributed by atoms with Crippen molar-refractivity contribution in [1.29, 1.82) is 0 Å². The van der Waals surface area contributed by atoms with E-state index in [0.29, 0.717) is 12.8 Å². The molecular weight excluding hydrogens is 1820 g/mol. The smallest absolute Gasteiger partial charge is 0.364 e. The summed E-state index contributed by atoms with van der Waals surface area (Å²) in [6.07, 6.45) is -19.5. The maximum absolute atomic E-state index is 13.8. The van der Waals surface area contributed by atoms with Crippen LogP contribution in [0.25, 0.3) is 0 Å². The number of aliphatic hydroxyl groups is 21. The van der Waals surface area contributed by atoms with Crippen molar-refractivity contribution in [3.05, 3.63) is 12.2 Å². The minimum Gasteiger partial charge on any atom is -0.477 e. The van der Waals surface area contributed by atoms with Crippen LogP contribution in [0, 0.1) is 0 Å². The lowest BCUT2D eigenvalue weighted by molar-refractivity contribution is -0.391. The fourth-order valence-corrected chi connectivity index (χ4v) is 18.3. The van der Waals surface area contributed by atoms with E-state index in [-0.39, 0.29) is 12.3 Å². The first-order valence-corrected chi connectivity index (χ1v) is 49.6. The minimum atomic E-state index is -3.59. The number of carboxylic acid groups (broad SMARTS) is 2. The summed E-state index contributed by atoms with van der Waals surface area (Å²) in [6, 6.07) is -7.23. The van der Waals surface area contributed by atoms with Crippen molar-refractivity contribution < 1.29 is 203 Å². The number of ether oxygens (including phenoxy) is 12. The molecule has 27 N–H and O–H groups in total. The second kappa shape index (κ2) is 64.2. The Hall–Kier alpha value is -4.76. The minimum absolute atomic E-state index is 0.141. The molecule has 798 valence electrons. The van der Waals surface area contributed by atoms with E-state index < -0.39 is 309 Å². The Morgan fingerprint density at radius 1 is 0.401 bits per heavy atom. The van der Waals surface area contributed by atoms with Gasteiger partial charge in [-0.1, -0.05) is 231 Å². The molecule has 0 aliphatic carbocycles. The second-order valence-corrected chi connectivity index (χ2v) is 37.1. The standard InChI is InChI=1S/C92H164N4O41/c1-4-6-8-10-12-14-16-18-19-20-21-22-23-24-25-26-27-29-31-33-35-37-39-41-64(110)94-54(55(106)40-38-36-34-32-30-28-17-15-13-11-9-7-5-2)52-126-86-76(119)75(118)80(63(49-102)130-86)132-87-77(120)83(71(114)59(45-98)127-87)133-85-69(93-53(3)105)74(117)79(62(48-101)129-85)131-88-78(121)84(72(115)60(46-99)128-88)137-92(90(124)125)43-57(108)68(96-66(112)51-104)82(136-92)73(116)61(47-100)134-91(89(122)123)42-56(107)67(95-65(111)50-103)81(135-91)70(113)58(109)44-97/h38,40,54-63,67-88,97-104,106-109,113-121H,4-37,39,41-52H2,1-3H3,(H,93,105)(H,94,110)(H,95,111)(H,96,112)(H,122,123)(H,124,125)/b40-38+/t54-,55+,56?,57?,58+,59?,60?,61+,62?,63?,67+,68+,69?,70+,71-,72-,73+,74+,75+,76?,77?,78?,79+,80+,81?,82?,83-,84-,85-,86+,87-,88-,91+,92-/m0/s1. The summed E-state index contributed by atoms with van der Waals surface area (Å²) >= 11 is 0. The van der Waals surface area contributed by atoms with Crippen LogP contribution in [-0.4, -0.2) is 420 Å². The molecule has 0 spiro atoms. The lowest BCUT2D eigenvalue weighted by Gasteiger charge is -2.52. The van der Waals surface area contributed by atoms with Crippen LogP contribution in [0.4, 0.5) is 0 Å². The number of carbonyl (C=O) groups is 6. The first-order valence-electron chi connectivity index (χ1n) is 49.6. The summed E-state index contributed by atoms with van der Waals surface area (Å²) in [4.78, 5) is 79.0. The van der Waals surface area contributed by atoms with Gasteiger partial charge in [0, 0.05) is 26.2 Å². The van der Waals surface area contributed by atoms with E-state index in [0.717, 1.165) is 64.7 Å². The highest BCUT2D eigenvalue weighted by Gasteiger charge is 2.64. The summed E-state index contributed by atoms with van der Waals surface area (Å²) in [5, 5.41) is 266. The largest absolute Gasteiger partial charge is 0.477 e. The fraction of sp³-hybridized carbons (Fsp3) is 0.913. The highest BCUT2D eigenvalue weighted by molar-refractivity contribution is 5.79. The lowest BCUT2D eigenvalue weighted by Crippen LogP contribution is -2.72. The predicted octanol–water partition coefficient (Wildman–Crippen LogP) is -2.80. The van der Waals surface area contributed by atoms with Gasteiger partial charge in [0.1, 0.15) is 147 Å². The molecule has 6 rings (SSSR count). The molecule has 0 aromatic heterocycles. The molecule has 6 heterocycles. The fourth-order valence-electron chi connectivity index (χ4n) is 18.3. The molecule has 45 heteroatoms. The van der Waals surface area contributed by atoms with Gasteiger partial charge in [-0.15, -0.1) is 0 Å². The number of hydrogen-bond acceptors (Lipinski definition) is 39. The normalized spacial score (nSPS) is 33.4. The van der Waals surface area contributed by atoms with Crippen LogP contribution >= 0.6 is 0 Å². The van der Waals surface area contributed by atoms with E-state index in [2.05, 4.69) is 24.5 Å². The number of rotatable bonds is 69. The van der Waals surface area contributed by atoms with Gasteiger partial charge in [0.25, 0.3) is 11.6 Å². The summed E-state index contributed by atoms with van der Waals surface area (Å²) in [5.41, 5.74) is 0. The summed E-state index contributed by atoms with van der Waals surface area (Å²) in [6.45, 7) is -5.21. The molecule has 0 aromatic rings. The van der Waals surface area contributed by atoms with Crippen LogP contribution < -0.4 is 21.3 Å². The molecule has 0 aromatic carbocycles. The summed E-state index contributed by atoms with van der Waals surface area (Å²) in [5.74, 6) is -15.6. The summed E-state index contributed by atoms with van der Waals surface area (Å²) in [7, 11) is 0. The van der Waals surface area contributed by atoms with Crippen molar-refractivity contribution in [1.82, 2.24) is 21.3 Å². The number of amides is 4. The third-order valence-corrected chi connectivity index (χ3v) is 26.3. The van der Waals surface area contributed by atoms with E-state index in [4.69, 9.17) is 56.8 Å². The van der Waals surface area contributed by atoms with E-state index in [1.54, 1.807) is 6.08 Å². The van der Waals surface area contributed by atoms with E-state index in [1.165, 1.54) is 154 Å². The number of unbranched alkanes of at least 4 members (excludes halogenated alkanes) is 33. The Bertz CT molecular complexity index is 3390. The van der Waals surface area contributed by atoms with Gasteiger partial charge in [-0.3, -0.25) is 19.2 Å². The van der Waals surface area contributed by atoms with Crippen molar-refractivity contribution in [3.63, 3.8) is 0 Å². The molecule has 0 bridgehead atoms. The average Bonchev–Trinajstić information content (AvgIpc) is 0.746. The van der Waals surface area contributed by atoms with Crippen molar-refractivity contribution in [2.75, 3.05) is 59.5 Å². The molecule has 6 fully saturated rings. The zero-order valence-electron chi connectivity index (χ0n) is 79.5. The quantitative estimate of drug-likeness (QED) is 0.0216. The Balaban J connectivity index is 1.12. The van der Waals surface area contributed by atoms with Gasteiger partial charge in [-0.25, -0.2) is 9.59 Å². The van der Waals surface area contributed by atoms with Crippen LogP contribution in [-0.2, 0) is 85.6 Å².